The lowest BCUT2D eigenvalue weighted by Gasteiger charge is -2.09. The van der Waals surface area contributed by atoms with Crippen LogP contribution >= 0.6 is 11.6 Å². The van der Waals surface area contributed by atoms with E-state index in [1.807, 2.05) is 0 Å². The van der Waals surface area contributed by atoms with Gasteiger partial charge in [0.15, 0.2) is 0 Å². The zero-order valence-corrected chi connectivity index (χ0v) is 10.7. The molecule has 0 amide bonds. The van der Waals surface area contributed by atoms with E-state index in [0.717, 1.165) is 22.9 Å². The highest BCUT2D eigenvalue weighted by atomic mass is 35.5. The number of benzene rings is 1. The van der Waals surface area contributed by atoms with Crippen LogP contribution in [0.1, 0.15) is 5.56 Å². The Morgan fingerprint density at radius 1 is 1.42 bits per heavy atom. The van der Waals surface area contributed by atoms with Crippen molar-refractivity contribution in [3.63, 3.8) is 0 Å². The summed E-state index contributed by atoms with van der Waals surface area (Å²) in [7, 11) is 1.46. The van der Waals surface area contributed by atoms with E-state index in [4.69, 9.17) is 11.6 Å². The van der Waals surface area contributed by atoms with E-state index in [0.29, 0.717) is 0 Å². The average Bonchev–Trinajstić information content (AvgIpc) is 2.39. The number of aryl methyl sites for hydroxylation is 1. The molecule has 1 heterocycles. The van der Waals surface area contributed by atoms with Crippen LogP contribution in [0.5, 0.6) is 0 Å². The number of rotatable bonds is 3. The van der Waals surface area contributed by atoms with Crippen LogP contribution in [0.15, 0.2) is 29.2 Å². The highest BCUT2D eigenvalue weighted by molar-refractivity contribution is 6.32. The highest BCUT2D eigenvalue weighted by Crippen LogP contribution is 2.17. The van der Waals surface area contributed by atoms with Crippen molar-refractivity contribution in [3.05, 3.63) is 57.0 Å². The number of halogens is 3. The van der Waals surface area contributed by atoms with Gasteiger partial charge in [0, 0.05) is 19.2 Å². The van der Waals surface area contributed by atoms with Gasteiger partial charge in [0.1, 0.15) is 16.7 Å². The first kappa shape index (κ1) is 13.5. The summed E-state index contributed by atoms with van der Waals surface area (Å²) in [6, 6.07) is 3.15. The van der Waals surface area contributed by atoms with Crippen LogP contribution in [-0.4, -0.2) is 9.78 Å². The molecule has 0 saturated carbocycles. The molecule has 0 radical (unpaired) electrons. The maximum Gasteiger partial charge on any atom is 0.287 e. The Morgan fingerprint density at radius 3 is 2.89 bits per heavy atom. The molecule has 2 aromatic rings. The molecule has 0 saturated heterocycles. The van der Waals surface area contributed by atoms with Crippen molar-refractivity contribution in [3.8, 4) is 0 Å². The summed E-state index contributed by atoms with van der Waals surface area (Å²) in [5.41, 5.74) is -0.0587. The van der Waals surface area contributed by atoms with Crippen molar-refractivity contribution >= 4 is 17.3 Å². The van der Waals surface area contributed by atoms with Crippen LogP contribution in [0.2, 0.25) is 5.02 Å². The standard InChI is InChI=1S/C12H10ClF2N3O/c1-18-12(19)11(13)10(6-17-18)16-5-7-4-8(14)2-3-9(7)15/h2-4,6,16H,5H2,1H3. The van der Waals surface area contributed by atoms with Crippen LogP contribution in [0, 0.1) is 11.6 Å². The minimum atomic E-state index is -0.540. The molecule has 0 spiro atoms. The first-order valence-electron chi connectivity index (χ1n) is 5.38. The molecular formula is C12H10ClF2N3O. The zero-order chi connectivity index (χ0) is 14.0. The molecule has 0 aliphatic heterocycles. The first-order chi connectivity index (χ1) is 8.99. The third-order valence-electron chi connectivity index (χ3n) is 2.56. The summed E-state index contributed by atoms with van der Waals surface area (Å²) >= 11 is 5.83. The number of hydrogen-bond donors (Lipinski definition) is 1. The lowest BCUT2D eigenvalue weighted by Crippen LogP contribution is -2.21. The van der Waals surface area contributed by atoms with Crippen molar-refractivity contribution < 1.29 is 8.78 Å². The molecule has 19 heavy (non-hydrogen) atoms. The molecule has 1 aromatic carbocycles. The van der Waals surface area contributed by atoms with E-state index in [1.165, 1.54) is 13.2 Å². The van der Waals surface area contributed by atoms with E-state index in [-0.39, 0.29) is 22.8 Å². The van der Waals surface area contributed by atoms with Gasteiger partial charge in [-0.05, 0) is 18.2 Å². The molecule has 0 fully saturated rings. The third-order valence-corrected chi connectivity index (χ3v) is 2.92. The molecule has 7 heteroatoms. The molecule has 0 aliphatic carbocycles. The predicted molar refractivity (Wildman–Crippen MR) is 68.2 cm³/mol. The Bertz CT molecular complexity index is 673. The van der Waals surface area contributed by atoms with Gasteiger partial charge in [-0.15, -0.1) is 0 Å². The van der Waals surface area contributed by atoms with E-state index >= 15 is 0 Å². The smallest absolute Gasteiger partial charge is 0.287 e. The van der Waals surface area contributed by atoms with Crippen molar-refractivity contribution in [1.82, 2.24) is 9.78 Å². The normalized spacial score (nSPS) is 10.5. The zero-order valence-electron chi connectivity index (χ0n) is 9.95. The van der Waals surface area contributed by atoms with E-state index in [1.54, 1.807) is 0 Å². The number of nitrogens with one attached hydrogen (secondary N) is 1. The molecule has 1 aromatic heterocycles. The minimum Gasteiger partial charge on any atom is -0.378 e. The van der Waals surface area contributed by atoms with Gasteiger partial charge in [0.05, 0.1) is 11.9 Å². The van der Waals surface area contributed by atoms with Crippen LogP contribution in [0.3, 0.4) is 0 Å². The van der Waals surface area contributed by atoms with Gasteiger partial charge in [-0.2, -0.15) is 5.10 Å². The second-order valence-electron chi connectivity index (χ2n) is 3.89. The van der Waals surface area contributed by atoms with Gasteiger partial charge in [-0.3, -0.25) is 4.79 Å². The molecule has 100 valence electrons. The van der Waals surface area contributed by atoms with Crippen LogP contribution in [-0.2, 0) is 13.6 Å². The number of nitrogens with zero attached hydrogens (tertiary/aromatic N) is 2. The van der Waals surface area contributed by atoms with E-state index < -0.39 is 17.2 Å². The largest absolute Gasteiger partial charge is 0.378 e. The lowest BCUT2D eigenvalue weighted by molar-refractivity contribution is 0.587. The SMILES string of the molecule is Cn1ncc(NCc2cc(F)ccc2F)c(Cl)c1=O. The molecule has 0 atom stereocenters. The minimum absolute atomic E-state index is 0.00182. The van der Waals surface area contributed by atoms with Gasteiger partial charge in [0.25, 0.3) is 5.56 Å². The Kier molecular flexibility index (Phi) is 3.80. The van der Waals surface area contributed by atoms with Gasteiger partial charge in [-0.25, -0.2) is 13.5 Å². The summed E-state index contributed by atoms with van der Waals surface area (Å²) < 4.78 is 27.5. The van der Waals surface area contributed by atoms with Crippen molar-refractivity contribution in [2.75, 3.05) is 5.32 Å². The maximum absolute atomic E-state index is 13.4. The summed E-state index contributed by atoms with van der Waals surface area (Å²) in [4.78, 5) is 11.5. The van der Waals surface area contributed by atoms with Crippen LogP contribution < -0.4 is 10.9 Å². The quantitative estimate of drug-likeness (QED) is 0.941. The second kappa shape index (κ2) is 5.36. The first-order valence-corrected chi connectivity index (χ1v) is 5.76. The molecule has 0 unspecified atom stereocenters. The van der Waals surface area contributed by atoms with Gasteiger partial charge >= 0.3 is 0 Å². The van der Waals surface area contributed by atoms with E-state index in [9.17, 15) is 13.6 Å². The van der Waals surface area contributed by atoms with E-state index in [2.05, 4.69) is 10.4 Å². The second-order valence-corrected chi connectivity index (χ2v) is 4.27. The molecule has 1 N–H and O–H groups in total. The van der Waals surface area contributed by atoms with Crippen LogP contribution in [0.4, 0.5) is 14.5 Å². The van der Waals surface area contributed by atoms with Gasteiger partial charge < -0.3 is 5.32 Å². The Labute approximate surface area is 112 Å². The molecule has 0 aliphatic rings. The molecule has 4 nitrogen and oxygen atoms in total. The Balaban J connectivity index is 2.22. The molecular weight excluding hydrogens is 276 g/mol. The Morgan fingerprint density at radius 2 is 2.16 bits per heavy atom. The fraction of sp³-hybridized carbons (Fsp3) is 0.167. The Hall–Kier alpha value is -1.95. The van der Waals surface area contributed by atoms with Crippen LogP contribution in [0.25, 0.3) is 0 Å². The predicted octanol–water partition coefficient (Wildman–Crippen LogP) is 2.32. The summed E-state index contributed by atoms with van der Waals surface area (Å²) in [6.45, 7) is -0.00182. The highest BCUT2D eigenvalue weighted by Gasteiger charge is 2.09. The monoisotopic (exact) mass is 285 g/mol. The topological polar surface area (TPSA) is 46.9 Å². The fourth-order valence-corrected chi connectivity index (χ4v) is 1.74. The summed E-state index contributed by atoms with van der Waals surface area (Å²) in [6.07, 6.45) is 1.35. The maximum atomic E-state index is 13.4. The lowest BCUT2D eigenvalue weighted by atomic mass is 10.2. The number of aromatic nitrogens is 2. The van der Waals surface area contributed by atoms with Crippen molar-refractivity contribution in [2.45, 2.75) is 6.54 Å². The third kappa shape index (κ3) is 2.90. The average molecular weight is 286 g/mol. The number of hydrogen-bond acceptors (Lipinski definition) is 3. The summed E-state index contributed by atoms with van der Waals surface area (Å²) in [5, 5.41) is 6.49. The summed E-state index contributed by atoms with van der Waals surface area (Å²) in [5.74, 6) is -1.08. The molecule has 0 bridgehead atoms. The fourth-order valence-electron chi connectivity index (χ4n) is 1.50. The van der Waals surface area contributed by atoms with Gasteiger partial charge in [0.2, 0.25) is 0 Å². The van der Waals surface area contributed by atoms with Crippen molar-refractivity contribution in [1.29, 1.82) is 0 Å². The molecule has 2 rings (SSSR count). The van der Waals surface area contributed by atoms with Crippen molar-refractivity contribution in [2.24, 2.45) is 7.05 Å². The van der Waals surface area contributed by atoms with Gasteiger partial charge in [-0.1, -0.05) is 11.6 Å². The number of anilines is 1.